The number of aryl methyl sites for hydroxylation is 2. The molecule has 0 unspecified atom stereocenters. The Morgan fingerprint density at radius 3 is 2.15 bits per heavy atom. The Kier molecular flexibility index (Phi) is 10.2. The fraction of sp³-hybridized carbons (Fsp3) is 0.333. The fourth-order valence-electron chi connectivity index (χ4n) is 3.98. The molecular weight excluding hydrogens is 534 g/mol. The summed E-state index contributed by atoms with van der Waals surface area (Å²) in [7, 11) is -4.10. The largest absolute Gasteiger partial charge is 0.352 e. The molecule has 208 valence electrons. The number of sulfonamides is 1. The van der Waals surface area contributed by atoms with Crippen LogP contribution >= 0.6 is 11.6 Å². The van der Waals surface area contributed by atoms with Crippen LogP contribution in [0, 0.1) is 13.8 Å². The lowest BCUT2D eigenvalue weighted by atomic mass is 10.1. The summed E-state index contributed by atoms with van der Waals surface area (Å²) in [4.78, 5) is 28.5. The van der Waals surface area contributed by atoms with Gasteiger partial charge in [-0.15, -0.1) is 0 Å². The van der Waals surface area contributed by atoms with Crippen LogP contribution in [-0.4, -0.2) is 43.8 Å². The Morgan fingerprint density at radius 1 is 0.923 bits per heavy atom. The van der Waals surface area contributed by atoms with Gasteiger partial charge < -0.3 is 10.2 Å². The highest BCUT2D eigenvalue weighted by Crippen LogP contribution is 2.26. The van der Waals surface area contributed by atoms with Gasteiger partial charge in [0.2, 0.25) is 11.8 Å². The highest BCUT2D eigenvalue weighted by molar-refractivity contribution is 7.92. The zero-order valence-electron chi connectivity index (χ0n) is 23.0. The Balaban J connectivity index is 2.02. The van der Waals surface area contributed by atoms with Crippen LogP contribution in [0.15, 0.2) is 77.7 Å². The van der Waals surface area contributed by atoms with Crippen molar-refractivity contribution in [2.24, 2.45) is 0 Å². The number of carbonyl (C=O) groups is 2. The van der Waals surface area contributed by atoms with E-state index >= 15 is 0 Å². The maximum absolute atomic E-state index is 13.9. The van der Waals surface area contributed by atoms with Crippen LogP contribution in [-0.2, 0) is 26.2 Å². The first-order valence-corrected chi connectivity index (χ1v) is 14.7. The molecule has 2 amide bonds. The zero-order valence-corrected chi connectivity index (χ0v) is 24.6. The van der Waals surface area contributed by atoms with Gasteiger partial charge in [0.05, 0.1) is 10.6 Å². The molecular formula is C30H36ClN3O4S. The van der Waals surface area contributed by atoms with Crippen molar-refractivity contribution in [2.45, 2.75) is 64.6 Å². The van der Waals surface area contributed by atoms with E-state index in [4.69, 9.17) is 11.6 Å². The van der Waals surface area contributed by atoms with E-state index in [2.05, 4.69) is 5.32 Å². The van der Waals surface area contributed by atoms with Crippen LogP contribution in [0.3, 0.4) is 0 Å². The molecule has 0 heterocycles. The summed E-state index contributed by atoms with van der Waals surface area (Å²) in [6.07, 6.45) is 0.736. The SMILES string of the molecule is CC[C@H](C)NC(=O)[C@@H](C)N(Cc1ccc(Cl)cc1)C(=O)CN(c1cccc(C)c1)S(=O)(=O)c1ccc(C)cc1. The number of halogens is 1. The minimum Gasteiger partial charge on any atom is -0.352 e. The van der Waals surface area contributed by atoms with Crippen LogP contribution in [0.2, 0.25) is 5.02 Å². The maximum Gasteiger partial charge on any atom is 0.264 e. The summed E-state index contributed by atoms with van der Waals surface area (Å²) < 4.78 is 28.8. The Labute approximate surface area is 236 Å². The van der Waals surface area contributed by atoms with E-state index in [1.165, 1.54) is 17.0 Å². The van der Waals surface area contributed by atoms with Gasteiger partial charge in [-0.3, -0.25) is 13.9 Å². The summed E-state index contributed by atoms with van der Waals surface area (Å²) >= 11 is 6.05. The van der Waals surface area contributed by atoms with Gasteiger partial charge in [-0.05, 0) is 81.6 Å². The molecule has 0 spiro atoms. The standard InChI is InChI=1S/C30H36ClN3O4S/c1-6-23(4)32-30(36)24(5)33(19-25-12-14-26(31)15-13-25)29(35)20-34(27-9-7-8-22(3)18-27)39(37,38)28-16-10-21(2)11-17-28/h7-18,23-24H,6,19-20H2,1-5H3,(H,32,36)/t23-,24+/m0/s1. The number of anilines is 1. The second-order valence-electron chi connectivity index (χ2n) is 9.81. The third-order valence-corrected chi connectivity index (χ3v) is 8.65. The monoisotopic (exact) mass is 569 g/mol. The van der Waals surface area contributed by atoms with Crippen LogP contribution in [0.4, 0.5) is 5.69 Å². The van der Waals surface area contributed by atoms with Gasteiger partial charge in [0, 0.05) is 17.6 Å². The third-order valence-electron chi connectivity index (χ3n) is 6.61. The predicted octanol–water partition coefficient (Wildman–Crippen LogP) is 5.48. The maximum atomic E-state index is 13.9. The molecule has 3 aromatic carbocycles. The van der Waals surface area contributed by atoms with E-state index in [0.29, 0.717) is 10.7 Å². The van der Waals surface area contributed by atoms with Crippen molar-refractivity contribution >= 4 is 39.1 Å². The number of carbonyl (C=O) groups excluding carboxylic acids is 2. The van der Waals surface area contributed by atoms with Crippen molar-refractivity contribution in [3.63, 3.8) is 0 Å². The molecule has 0 aliphatic heterocycles. The van der Waals surface area contributed by atoms with Crippen molar-refractivity contribution in [2.75, 3.05) is 10.8 Å². The van der Waals surface area contributed by atoms with Crippen molar-refractivity contribution in [3.05, 3.63) is 94.5 Å². The van der Waals surface area contributed by atoms with Crippen LogP contribution in [0.5, 0.6) is 0 Å². The number of benzene rings is 3. The molecule has 7 nitrogen and oxygen atoms in total. The molecule has 3 rings (SSSR count). The molecule has 0 aliphatic rings. The third kappa shape index (κ3) is 7.83. The first-order chi connectivity index (χ1) is 18.4. The summed E-state index contributed by atoms with van der Waals surface area (Å²) in [5, 5.41) is 3.48. The molecule has 1 N–H and O–H groups in total. The lowest BCUT2D eigenvalue weighted by Gasteiger charge is -2.32. The summed E-state index contributed by atoms with van der Waals surface area (Å²) in [5.41, 5.74) is 2.90. The van der Waals surface area contributed by atoms with Gasteiger partial charge >= 0.3 is 0 Å². The molecule has 0 bridgehead atoms. The van der Waals surface area contributed by atoms with E-state index in [1.54, 1.807) is 61.5 Å². The summed E-state index contributed by atoms with van der Waals surface area (Å²) in [6.45, 7) is 8.86. The molecule has 0 aromatic heterocycles. The number of hydrogen-bond donors (Lipinski definition) is 1. The summed E-state index contributed by atoms with van der Waals surface area (Å²) in [6, 6.07) is 19.6. The fourth-order valence-corrected chi connectivity index (χ4v) is 5.52. The average Bonchev–Trinajstić information content (AvgIpc) is 2.90. The van der Waals surface area contributed by atoms with E-state index in [1.807, 2.05) is 33.8 Å². The van der Waals surface area contributed by atoms with E-state index in [0.717, 1.165) is 27.4 Å². The first kappa shape index (κ1) is 30.2. The highest BCUT2D eigenvalue weighted by Gasteiger charge is 2.32. The van der Waals surface area contributed by atoms with E-state index < -0.39 is 28.5 Å². The van der Waals surface area contributed by atoms with E-state index in [-0.39, 0.29) is 23.4 Å². The zero-order chi connectivity index (χ0) is 28.7. The summed E-state index contributed by atoms with van der Waals surface area (Å²) in [5.74, 6) is -0.816. The Morgan fingerprint density at radius 2 is 1.56 bits per heavy atom. The lowest BCUT2D eigenvalue weighted by Crippen LogP contribution is -2.52. The Hall–Kier alpha value is -3.36. The van der Waals surface area contributed by atoms with Crippen LogP contribution in [0.25, 0.3) is 0 Å². The molecule has 0 saturated heterocycles. The van der Waals surface area contributed by atoms with Crippen molar-refractivity contribution in [3.8, 4) is 0 Å². The minimum absolute atomic E-state index is 0.0712. The minimum atomic E-state index is -4.10. The molecule has 9 heteroatoms. The second kappa shape index (κ2) is 13.1. The van der Waals surface area contributed by atoms with Crippen LogP contribution < -0.4 is 9.62 Å². The van der Waals surface area contributed by atoms with Crippen molar-refractivity contribution < 1.29 is 18.0 Å². The quantitative estimate of drug-likeness (QED) is 0.331. The van der Waals surface area contributed by atoms with Gasteiger partial charge in [-0.25, -0.2) is 8.42 Å². The second-order valence-corrected chi connectivity index (χ2v) is 12.1. The first-order valence-electron chi connectivity index (χ1n) is 12.9. The molecule has 0 radical (unpaired) electrons. The van der Waals surface area contributed by atoms with Gasteiger partial charge in [-0.2, -0.15) is 0 Å². The molecule has 3 aromatic rings. The molecule has 39 heavy (non-hydrogen) atoms. The number of amides is 2. The average molecular weight is 570 g/mol. The van der Waals surface area contributed by atoms with Gasteiger partial charge in [-0.1, -0.05) is 60.5 Å². The lowest BCUT2D eigenvalue weighted by molar-refractivity contribution is -0.139. The van der Waals surface area contributed by atoms with Crippen molar-refractivity contribution in [1.82, 2.24) is 10.2 Å². The van der Waals surface area contributed by atoms with Gasteiger partial charge in [0.1, 0.15) is 12.6 Å². The van der Waals surface area contributed by atoms with E-state index in [9.17, 15) is 18.0 Å². The number of rotatable bonds is 11. The normalized spacial score (nSPS) is 12.9. The molecule has 0 fully saturated rings. The number of nitrogens with one attached hydrogen (secondary N) is 1. The van der Waals surface area contributed by atoms with Crippen molar-refractivity contribution in [1.29, 1.82) is 0 Å². The van der Waals surface area contributed by atoms with Gasteiger partial charge in [0.25, 0.3) is 10.0 Å². The Bertz CT molecular complexity index is 1390. The molecule has 2 atom stereocenters. The number of nitrogens with zero attached hydrogens (tertiary/aromatic N) is 2. The topological polar surface area (TPSA) is 86.8 Å². The highest BCUT2D eigenvalue weighted by atomic mass is 35.5. The number of hydrogen-bond acceptors (Lipinski definition) is 4. The van der Waals surface area contributed by atoms with Crippen LogP contribution in [0.1, 0.15) is 43.9 Å². The molecule has 0 aliphatic carbocycles. The molecule has 0 saturated carbocycles. The smallest absolute Gasteiger partial charge is 0.264 e. The predicted molar refractivity (Wildman–Crippen MR) is 156 cm³/mol. The van der Waals surface area contributed by atoms with Gasteiger partial charge in [0.15, 0.2) is 0 Å².